The second kappa shape index (κ2) is 12.8. The maximum atomic E-state index is 12.8. The number of aromatic nitrogens is 2. The molecule has 0 aliphatic carbocycles. The summed E-state index contributed by atoms with van der Waals surface area (Å²) in [5, 5.41) is 4.01. The third kappa shape index (κ3) is 6.46. The lowest BCUT2D eigenvalue weighted by Crippen LogP contribution is -2.04. The highest BCUT2D eigenvalue weighted by Gasteiger charge is 2.15. The molecule has 0 saturated carbocycles. The van der Waals surface area contributed by atoms with Gasteiger partial charge in [-0.3, -0.25) is 9.71 Å². The van der Waals surface area contributed by atoms with Crippen LogP contribution >= 0.6 is 11.9 Å². The lowest BCUT2D eigenvalue weighted by molar-refractivity contribution is 0.107. The first-order valence-electron chi connectivity index (χ1n) is 12.3. The number of nitrogens with zero attached hydrogens (tertiary/aromatic N) is 2. The van der Waals surface area contributed by atoms with Crippen LogP contribution in [0.2, 0.25) is 0 Å². The van der Waals surface area contributed by atoms with E-state index in [1.807, 2.05) is 64.1 Å². The molecule has 0 fully saturated rings. The second-order valence-corrected chi connectivity index (χ2v) is 9.67. The molecule has 1 N–H and O–H groups in total. The lowest BCUT2D eigenvalue weighted by atomic mass is 9.98. The number of anilines is 1. The van der Waals surface area contributed by atoms with Gasteiger partial charge in [0, 0.05) is 22.2 Å². The average Bonchev–Trinajstić information content (AvgIpc) is 3.23. The minimum absolute atomic E-state index is 0.0367. The summed E-state index contributed by atoms with van der Waals surface area (Å²) in [7, 11) is 1.61. The first-order valence-corrected chi connectivity index (χ1v) is 13.1. The number of halogens is 1. The number of aryl methyl sites for hydroxylation is 3. The number of hydrogen-bond donors (Lipinski definition) is 1. The molecule has 0 aliphatic heterocycles. The van der Waals surface area contributed by atoms with Gasteiger partial charge >= 0.3 is 0 Å². The zero-order chi connectivity index (χ0) is 27.1. The number of methoxy groups -OCH3 is 1. The predicted octanol–water partition coefficient (Wildman–Crippen LogP) is 7.16. The molecule has 7 nitrogen and oxygen atoms in total. The van der Waals surface area contributed by atoms with Crippen LogP contribution in [0.4, 0.5) is 10.3 Å². The summed E-state index contributed by atoms with van der Waals surface area (Å²) >= 11 is 1.45. The fourth-order valence-corrected chi connectivity index (χ4v) is 4.87. The Kier molecular flexibility index (Phi) is 9.25. The van der Waals surface area contributed by atoms with Crippen LogP contribution in [0.1, 0.15) is 33.8 Å². The van der Waals surface area contributed by atoms with Crippen molar-refractivity contribution in [2.45, 2.75) is 45.8 Å². The smallest absolute Gasteiger partial charge is 0.237 e. The minimum atomic E-state index is -0.537. The summed E-state index contributed by atoms with van der Waals surface area (Å²) in [4.78, 5) is 5.44. The molecule has 4 aromatic rings. The number of nitrogens with one attached hydrogen (secondary N) is 1. The predicted molar refractivity (Wildman–Crippen MR) is 148 cm³/mol. The summed E-state index contributed by atoms with van der Waals surface area (Å²) < 4.78 is 38.7. The van der Waals surface area contributed by atoms with Crippen molar-refractivity contribution in [2.75, 3.05) is 25.1 Å². The van der Waals surface area contributed by atoms with Crippen LogP contribution in [0.3, 0.4) is 0 Å². The van der Waals surface area contributed by atoms with E-state index in [0.717, 1.165) is 49.8 Å². The number of pyridine rings is 1. The van der Waals surface area contributed by atoms with Crippen LogP contribution in [0.5, 0.6) is 11.5 Å². The largest absolute Gasteiger partial charge is 0.491 e. The van der Waals surface area contributed by atoms with E-state index in [4.69, 9.17) is 18.7 Å². The zero-order valence-corrected chi connectivity index (χ0v) is 23.1. The van der Waals surface area contributed by atoms with Crippen LogP contribution in [0.25, 0.3) is 11.1 Å². The van der Waals surface area contributed by atoms with Gasteiger partial charge in [-0.1, -0.05) is 35.5 Å². The zero-order valence-electron chi connectivity index (χ0n) is 22.3. The van der Waals surface area contributed by atoms with Gasteiger partial charge in [0.2, 0.25) is 5.88 Å². The van der Waals surface area contributed by atoms with Gasteiger partial charge in [0.1, 0.15) is 13.3 Å². The van der Waals surface area contributed by atoms with E-state index in [9.17, 15) is 4.39 Å². The van der Waals surface area contributed by atoms with Crippen molar-refractivity contribution >= 4 is 17.8 Å². The first kappa shape index (κ1) is 27.5. The van der Waals surface area contributed by atoms with E-state index in [2.05, 4.69) is 27.0 Å². The van der Waals surface area contributed by atoms with Crippen molar-refractivity contribution in [3.05, 3.63) is 82.3 Å². The Balaban J connectivity index is 1.60. The molecular weight excluding hydrogens is 505 g/mol. The van der Waals surface area contributed by atoms with Crippen LogP contribution in [-0.2, 0) is 18.0 Å². The van der Waals surface area contributed by atoms with Gasteiger partial charge in [0.05, 0.1) is 31.7 Å². The molecule has 38 heavy (non-hydrogen) atoms. The van der Waals surface area contributed by atoms with E-state index in [1.165, 1.54) is 11.9 Å². The molecule has 0 aliphatic rings. The lowest BCUT2D eigenvalue weighted by Gasteiger charge is -2.17. The van der Waals surface area contributed by atoms with Crippen LogP contribution in [0, 0.1) is 27.7 Å². The van der Waals surface area contributed by atoms with E-state index in [-0.39, 0.29) is 13.2 Å². The van der Waals surface area contributed by atoms with Crippen molar-refractivity contribution < 1.29 is 23.1 Å². The van der Waals surface area contributed by atoms with Gasteiger partial charge in [0.15, 0.2) is 11.5 Å². The van der Waals surface area contributed by atoms with Gasteiger partial charge in [-0.25, -0.2) is 4.39 Å². The summed E-state index contributed by atoms with van der Waals surface area (Å²) in [6, 6.07) is 16.1. The van der Waals surface area contributed by atoms with E-state index >= 15 is 0 Å². The monoisotopic (exact) mass is 537 g/mol. The Morgan fingerprint density at radius 2 is 1.79 bits per heavy atom. The molecule has 2 heterocycles. The normalized spacial score (nSPS) is 11.0. The van der Waals surface area contributed by atoms with Crippen LogP contribution in [0.15, 0.2) is 57.9 Å². The standard InChI is InChI=1S/C29H32FN3O4S/c1-18-14-26(28(34-5)21(4)31-18)36-16-22-10-11-24(23(15-22)17-35-13-12-30)25-8-6-7-9-27(25)38-33-29-19(2)20(3)32-37-29/h6-11,14-15,33H,12-13,16-17H2,1-5H3. The molecule has 200 valence electrons. The molecule has 0 bridgehead atoms. The van der Waals surface area contributed by atoms with Gasteiger partial charge in [-0.2, -0.15) is 0 Å². The van der Waals surface area contributed by atoms with Crippen molar-refractivity contribution in [3.8, 4) is 22.6 Å². The third-order valence-corrected chi connectivity index (χ3v) is 6.94. The van der Waals surface area contributed by atoms with Crippen molar-refractivity contribution in [3.63, 3.8) is 0 Å². The fourth-order valence-electron chi connectivity index (χ4n) is 4.04. The molecule has 0 amide bonds. The molecule has 9 heteroatoms. The second-order valence-electron chi connectivity index (χ2n) is 8.82. The molecule has 4 rings (SSSR count). The number of hydrogen-bond acceptors (Lipinski definition) is 8. The van der Waals surface area contributed by atoms with Crippen molar-refractivity contribution in [1.29, 1.82) is 0 Å². The summed E-state index contributed by atoms with van der Waals surface area (Å²) in [5.74, 6) is 1.88. The number of ether oxygens (including phenoxy) is 3. The molecule has 0 atom stereocenters. The van der Waals surface area contributed by atoms with Crippen LogP contribution < -0.4 is 14.2 Å². The van der Waals surface area contributed by atoms with E-state index < -0.39 is 6.67 Å². The van der Waals surface area contributed by atoms with Crippen molar-refractivity contribution in [2.24, 2.45) is 0 Å². The Morgan fingerprint density at radius 1 is 0.974 bits per heavy atom. The molecule has 0 unspecified atom stereocenters. The Hall–Kier alpha value is -3.56. The molecule has 2 aromatic heterocycles. The van der Waals surface area contributed by atoms with Gasteiger partial charge in [0.25, 0.3) is 0 Å². The topological polar surface area (TPSA) is 78.6 Å². The highest BCUT2D eigenvalue weighted by Crippen LogP contribution is 2.36. The Bertz CT molecular complexity index is 1390. The average molecular weight is 538 g/mol. The molecule has 2 aromatic carbocycles. The number of rotatable bonds is 12. The number of benzene rings is 2. The molecular formula is C29H32FN3O4S. The van der Waals surface area contributed by atoms with Crippen molar-refractivity contribution in [1.82, 2.24) is 10.1 Å². The highest BCUT2D eigenvalue weighted by molar-refractivity contribution is 8.00. The van der Waals surface area contributed by atoms with Gasteiger partial charge < -0.3 is 18.7 Å². The van der Waals surface area contributed by atoms with Gasteiger partial charge in [-0.15, -0.1) is 0 Å². The molecule has 0 radical (unpaired) electrons. The Labute approximate surface area is 226 Å². The third-order valence-electron chi connectivity index (χ3n) is 6.07. The summed E-state index contributed by atoms with van der Waals surface area (Å²) in [6.45, 7) is 7.79. The van der Waals surface area contributed by atoms with Crippen LogP contribution in [-0.4, -0.2) is 30.5 Å². The molecule has 0 saturated heterocycles. The minimum Gasteiger partial charge on any atom is -0.491 e. The van der Waals surface area contributed by atoms with E-state index in [1.54, 1.807) is 7.11 Å². The maximum absolute atomic E-state index is 12.8. The van der Waals surface area contributed by atoms with E-state index in [0.29, 0.717) is 24.0 Å². The summed E-state index contributed by atoms with van der Waals surface area (Å²) in [5.41, 5.74) is 7.36. The van der Waals surface area contributed by atoms with Gasteiger partial charge in [-0.05, 0) is 74.0 Å². The summed E-state index contributed by atoms with van der Waals surface area (Å²) in [6.07, 6.45) is 0. The quantitative estimate of drug-likeness (QED) is 0.151. The first-order chi connectivity index (χ1) is 18.4. The molecule has 0 spiro atoms. The Morgan fingerprint density at radius 3 is 2.53 bits per heavy atom. The number of alkyl halides is 1. The maximum Gasteiger partial charge on any atom is 0.237 e. The fraction of sp³-hybridized carbons (Fsp3) is 0.310. The highest BCUT2D eigenvalue weighted by atomic mass is 32.2. The SMILES string of the molecule is COc1c(OCc2ccc(-c3ccccc3SNc3onc(C)c3C)c(COCCF)c2)cc(C)nc1C.